The molecule has 14 heteroatoms. The van der Waals surface area contributed by atoms with E-state index in [2.05, 4.69) is 25.0 Å². The first-order valence-electron chi connectivity index (χ1n) is 14.3. The number of rotatable bonds is 5. The fourth-order valence-corrected chi connectivity index (χ4v) is 6.48. The maximum atomic E-state index is 14.0. The molecule has 2 amide bonds. The molecular formula is C33H23ClF3N5O5. The van der Waals surface area contributed by atoms with E-state index < -0.39 is 46.9 Å². The number of hydrogen-bond acceptors (Lipinski definition) is 7. The molecule has 3 aliphatic rings. The Bertz CT molecular complexity index is 2180. The van der Waals surface area contributed by atoms with Crippen LogP contribution in [0.4, 0.5) is 18.9 Å². The Morgan fingerprint density at radius 3 is 2.60 bits per heavy atom. The summed E-state index contributed by atoms with van der Waals surface area (Å²) in [4.78, 5) is 51.7. The Hall–Kier alpha value is -5.43. The largest absolute Gasteiger partial charge is 0.510 e. The van der Waals surface area contributed by atoms with Crippen LogP contribution in [0.25, 0.3) is 21.7 Å². The number of nitrogens with zero attached hydrogens (tertiary/aromatic N) is 3. The van der Waals surface area contributed by atoms with E-state index in [4.69, 9.17) is 11.6 Å². The van der Waals surface area contributed by atoms with Crippen molar-refractivity contribution >= 4 is 62.5 Å². The lowest BCUT2D eigenvalue weighted by molar-refractivity contribution is -0.136. The quantitative estimate of drug-likeness (QED) is 0.172. The van der Waals surface area contributed by atoms with Gasteiger partial charge in [0.25, 0.3) is 11.8 Å². The third kappa shape index (κ3) is 5.03. The second-order valence-electron chi connectivity index (χ2n) is 11.2. The number of pyridine rings is 1. The van der Waals surface area contributed by atoms with Crippen molar-refractivity contribution in [1.29, 1.82) is 0 Å². The normalized spacial score (nSPS) is 17.8. The molecule has 7 rings (SSSR count). The molecule has 0 saturated carbocycles. The van der Waals surface area contributed by atoms with Gasteiger partial charge in [-0.1, -0.05) is 24.3 Å². The summed E-state index contributed by atoms with van der Waals surface area (Å²) in [6, 6.07) is 15.8. The highest BCUT2D eigenvalue weighted by atomic mass is 35.5. The van der Waals surface area contributed by atoms with Gasteiger partial charge in [0.1, 0.15) is 28.4 Å². The van der Waals surface area contributed by atoms with Gasteiger partial charge in [-0.05, 0) is 41.3 Å². The maximum Gasteiger partial charge on any atom is 0.434 e. The smallest absolute Gasteiger partial charge is 0.434 e. The van der Waals surface area contributed by atoms with Gasteiger partial charge >= 0.3 is 12.1 Å². The molecule has 2 aliphatic heterocycles. The molecule has 0 saturated heterocycles. The third-order valence-corrected chi connectivity index (χ3v) is 8.71. The molecule has 0 bridgehead atoms. The highest BCUT2D eigenvalue weighted by Gasteiger charge is 2.51. The number of aromatic nitrogens is 2. The number of methoxy groups -OCH3 is 1. The van der Waals surface area contributed by atoms with Crippen LogP contribution in [0.1, 0.15) is 27.4 Å². The molecule has 238 valence electrons. The van der Waals surface area contributed by atoms with Crippen LogP contribution in [0.5, 0.6) is 0 Å². The second kappa shape index (κ2) is 11.1. The first-order valence-corrected chi connectivity index (χ1v) is 14.8. The van der Waals surface area contributed by atoms with Crippen LogP contribution < -0.4 is 5.32 Å². The van der Waals surface area contributed by atoms with Crippen molar-refractivity contribution in [3.63, 3.8) is 0 Å². The molecule has 47 heavy (non-hydrogen) atoms. The van der Waals surface area contributed by atoms with Crippen molar-refractivity contribution in [2.24, 2.45) is 10.9 Å². The number of aliphatic hydroxyl groups excluding tert-OH is 1. The number of aromatic amines is 1. The Morgan fingerprint density at radius 1 is 1.11 bits per heavy atom. The molecule has 3 N–H and O–H groups in total. The van der Waals surface area contributed by atoms with E-state index in [0.29, 0.717) is 16.6 Å². The zero-order valence-corrected chi connectivity index (χ0v) is 25.2. The Morgan fingerprint density at radius 2 is 1.87 bits per heavy atom. The fourth-order valence-electron chi connectivity index (χ4n) is 6.23. The molecule has 1 atom stereocenters. The van der Waals surface area contributed by atoms with E-state index >= 15 is 0 Å². The summed E-state index contributed by atoms with van der Waals surface area (Å²) in [6.45, 7) is -0.0116. The van der Waals surface area contributed by atoms with Crippen molar-refractivity contribution in [2.45, 2.75) is 12.6 Å². The standard InChI is InChI=1S/C33H23ClF3N5O5/c1-47-32(46)27-26-25-18(12-34)14-42(23(25)11-24(43)28(26)41-29(27)33(35,36)37)31(45)22-10-17-8-19(6-7-20(17)40-22)39-30(44)21-9-15-4-2-3-5-16(15)13-38-21/h2-10,13,18,40,43H,11-12,14H2,1H3,(H,39,44). The summed E-state index contributed by atoms with van der Waals surface area (Å²) < 4.78 is 46.5. The molecule has 2 aromatic heterocycles. The number of nitrogens with one attached hydrogen (secondary N) is 2. The van der Waals surface area contributed by atoms with Gasteiger partial charge in [0.05, 0.1) is 7.11 Å². The lowest BCUT2D eigenvalue weighted by atomic mass is 9.85. The number of anilines is 1. The second-order valence-corrected chi connectivity index (χ2v) is 11.5. The number of H-pyrrole nitrogens is 1. The van der Waals surface area contributed by atoms with E-state index in [1.807, 2.05) is 24.3 Å². The van der Waals surface area contributed by atoms with E-state index in [1.165, 1.54) is 4.90 Å². The summed E-state index contributed by atoms with van der Waals surface area (Å²) in [5, 5.41) is 16.0. The molecule has 0 fully saturated rings. The first kappa shape index (κ1) is 30.2. The minimum absolute atomic E-state index is 0.0116. The van der Waals surface area contributed by atoms with Gasteiger partial charge < -0.3 is 25.0 Å². The average molecular weight is 662 g/mol. The molecule has 4 heterocycles. The molecule has 0 radical (unpaired) electrons. The number of fused-ring (bicyclic) bond motifs is 4. The minimum atomic E-state index is -5.01. The van der Waals surface area contributed by atoms with Crippen LogP contribution >= 0.6 is 11.6 Å². The minimum Gasteiger partial charge on any atom is -0.510 e. The summed E-state index contributed by atoms with van der Waals surface area (Å²) in [7, 11) is 0.945. The number of aliphatic hydroxyl groups is 1. The van der Waals surface area contributed by atoms with Crippen molar-refractivity contribution < 1.29 is 37.4 Å². The number of esters is 1. The van der Waals surface area contributed by atoms with E-state index in [0.717, 1.165) is 17.9 Å². The zero-order chi connectivity index (χ0) is 33.2. The molecule has 2 aromatic carbocycles. The average Bonchev–Trinajstić information content (AvgIpc) is 3.77. The Kier molecular flexibility index (Phi) is 7.16. The highest BCUT2D eigenvalue weighted by Crippen LogP contribution is 2.50. The predicted molar refractivity (Wildman–Crippen MR) is 167 cm³/mol. The van der Waals surface area contributed by atoms with Gasteiger partial charge in [0.2, 0.25) is 0 Å². The van der Waals surface area contributed by atoms with Crippen LogP contribution in [-0.4, -0.2) is 69.2 Å². The van der Waals surface area contributed by atoms with Crippen molar-refractivity contribution in [3.8, 4) is 0 Å². The number of hydrogen-bond donors (Lipinski definition) is 3. The summed E-state index contributed by atoms with van der Waals surface area (Å²) in [5.74, 6) is -3.49. The maximum absolute atomic E-state index is 14.0. The number of amides is 2. The van der Waals surface area contributed by atoms with Gasteiger partial charge in [-0.3, -0.25) is 14.6 Å². The fraction of sp³-hybridized carbons (Fsp3) is 0.182. The predicted octanol–water partition coefficient (Wildman–Crippen LogP) is 6.19. The summed E-state index contributed by atoms with van der Waals surface area (Å²) >= 11 is 6.26. The van der Waals surface area contributed by atoms with Crippen LogP contribution in [0, 0.1) is 5.92 Å². The lowest BCUT2D eigenvalue weighted by Crippen LogP contribution is -2.30. The number of ether oxygens (including phenoxy) is 1. The zero-order valence-electron chi connectivity index (χ0n) is 24.4. The number of carbonyl (C=O) groups is 3. The number of allylic oxidation sites excluding steroid dienone is 1. The summed E-state index contributed by atoms with van der Waals surface area (Å²) in [5.41, 5.74) is -1.07. The summed E-state index contributed by atoms with van der Waals surface area (Å²) in [6.07, 6.45) is -3.69. The Balaban J connectivity index is 1.20. The number of carbonyl (C=O) groups excluding carboxylic acids is 3. The van der Waals surface area contributed by atoms with Crippen molar-refractivity contribution in [2.75, 3.05) is 24.9 Å². The number of aliphatic imine (C=N–C) groups is 1. The molecule has 1 unspecified atom stereocenters. The van der Waals surface area contributed by atoms with Gasteiger partial charge in [-0.2, -0.15) is 13.2 Å². The molecule has 0 spiro atoms. The van der Waals surface area contributed by atoms with Gasteiger partial charge in [-0.25, -0.2) is 9.79 Å². The molecular weight excluding hydrogens is 639 g/mol. The number of benzene rings is 2. The molecule has 1 aliphatic carbocycles. The third-order valence-electron chi connectivity index (χ3n) is 8.33. The lowest BCUT2D eigenvalue weighted by Gasteiger charge is -2.24. The van der Waals surface area contributed by atoms with E-state index in [1.54, 1.807) is 36.5 Å². The van der Waals surface area contributed by atoms with Crippen molar-refractivity contribution in [3.05, 3.63) is 106 Å². The highest BCUT2D eigenvalue weighted by molar-refractivity contribution is 6.26. The van der Waals surface area contributed by atoms with Crippen LogP contribution in [0.15, 0.2) is 99.7 Å². The van der Waals surface area contributed by atoms with Gasteiger partial charge in [0, 0.05) is 64.2 Å². The van der Waals surface area contributed by atoms with Crippen LogP contribution in [-0.2, 0) is 9.53 Å². The van der Waals surface area contributed by atoms with Crippen molar-refractivity contribution in [1.82, 2.24) is 14.9 Å². The monoisotopic (exact) mass is 661 g/mol. The Labute approximate surface area is 268 Å². The van der Waals surface area contributed by atoms with Gasteiger partial charge in [0.15, 0.2) is 5.71 Å². The molecule has 10 nitrogen and oxygen atoms in total. The molecule has 4 aromatic rings. The topological polar surface area (TPSA) is 137 Å². The van der Waals surface area contributed by atoms with E-state index in [9.17, 15) is 32.7 Å². The van der Waals surface area contributed by atoms with Crippen LogP contribution in [0.3, 0.4) is 0 Å². The van der Waals surface area contributed by atoms with Gasteiger partial charge in [-0.15, -0.1) is 11.6 Å². The number of halogens is 4. The van der Waals surface area contributed by atoms with E-state index in [-0.39, 0.29) is 52.8 Å². The first-order chi connectivity index (χ1) is 22.5. The SMILES string of the molecule is COC(=O)C1=C2C(=C(O)CC3=C2C(CCl)CN3C(=O)c2cc3cc(NC(=O)c4cc5ccccc5cn4)ccc3[nH]2)N=C1C(F)(F)F. The van der Waals surface area contributed by atoms with Crippen LogP contribution in [0.2, 0.25) is 0 Å². The number of alkyl halides is 4.